The zero-order valence-corrected chi connectivity index (χ0v) is 33.5. The first-order valence-electron chi connectivity index (χ1n) is 21.0. The minimum atomic E-state index is -1.38. The Balaban J connectivity index is 4.31. The van der Waals surface area contributed by atoms with Gasteiger partial charge in [0.05, 0.1) is 13.2 Å². The SMILES string of the molecule is CC/C=C\C/C=C\C/C=C\CCCCCCCC(=O)OC(/C=C\CCCCCCCCC)CCCCCCCCC(=O)NCC(=O)NC(CO)C(=O)O. The Morgan fingerprint density at radius 2 is 1.13 bits per heavy atom. The summed E-state index contributed by atoms with van der Waals surface area (Å²) in [6.07, 6.45) is 44.4. The van der Waals surface area contributed by atoms with Crippen LogP contribution < -0.4 is 10.6 Å². The second-order valence-electron chi connectivity index (χ2n) is 14.0. The number of carbonyl (C=O) groups is 4. The molecule has 53 heavy (non-hydrogen) atoms. The number of allylic oxidation sites excluding steroid dienone is 7. The van der Waals surface area contributed by atoms with Crippen LogP contribution in [0.5, 0.6) is 0 Å². The largest absolute Gasteiger partial charge is 0.480 e. The molecule has 0 saturated carbocycles. The average molecular weight is 745 g/mol. The molecule has 0 aromatic heterocycles. The van der Waals surface area contributed by atoms with E-state index < -0.39 is 24.5 Å². The quantitative estimate of drug-likeness (QED) is 0.0282. The van der Waals surface area contributed by atoms with Gasteiger partial charge in [0.25, 0.3) is 0 Å². The molecule has 2 atom stereocenters. The Bertz CT molecular complexity index is 1040. The van der Waals surface area contributed by atoms with Crippen LogP contribution >= 0.6 is 0 Å². The number of nitrogens with one attached hydrogen (secondary N) is 2. The third kappa shape index (κ3) is 35.6. The van der Waals surface area contributed by atoms with Crippen LogP contribution in [0.1, 0.15) is 181 Å². The molecule has 0 fully saturated rings. The fourth-order valence-electron chi connectivity index (χ4n) is 5.81. The third-order valence-electron chi connectivity index (χ3n) is 9.04. The second kappa shape index (κ2) is 38.5. The summed E-state index contributed by atoms with van der Waals surface area (Å²) in [4.78, 5) is 47.4. The highest BCUT2D eigenvalue weighted by Gasteiger charge is 2.18. The number of unbranched alkanes of at least 4 members (excludes halogenated alkanes) is 17. The summed E-state index contributed by atoms with van der Waals surface area (Å²) in [7, 11) is 0. The number of hydrogen-bond donors (Lipinski definition) is 4. The fourth-order valence-corrected chi connectivity index (χ4v) is 5.81. The summed E-state index contributed by atoms with van der Waals surface area (Å²) in [6.45, 7) is 3.35. The molecule has 0 rings (SSSR count). The van der Waals surface area contributed by atoms with Crippen molar-refractivity contribution in [1.29, 1.82) is 0 Å². The summed E-state index contributed by atoms with van der Waals surface area (Å²) in [5.74, 6) is -2.35. The van der Waals surface area contributed by atoms with Gasteiger partial charge in [-0.3, -0.25) is 14.4 Å². The van der Waals surface area contributed by atoms with E-state index in [1.54, 1.807) is 0 Å². The van der Waals surface area contributed by atoms with Crippen molar-refractivity contribution in [2.75, 3.05) is 13.2 Å². The van der Waals surface area contributed by atoms with Gasteiger partial charge >= 0.3 is 11.9 Å². The number of aliphatic carboxylic acids is 1. The molecule has 0 bridgehead atoms. The molecule has 0 radical (unpaired) electrons. The maximum Gasteiger partial charge on any atom is 0.328 e. The second-order valence-corrected chi connectivity index (χ2v) is 14.0. The molecule has 0 spiro atoms. The van der Waals surface area contributed by atoms with E-state index in [9.17, 15) is 19.2 Å². The van der Waals surface area contributed by atoms with Gasteiger partial charge in [-0.1, -0.05) is 140 Å². The molecular formula is C44H76N2O7. The smallest absolute Gasteiger partial charge is 0.328 e. The predicted octanol–water partition coefficient (Wildman–Crippen LogP) is 9.98. The minimum absolute atomic E-state index is 0.0948. The van der Waals surface area contributed by atoms with Crippen molar-refractivity contribution < 1.29 is 34.1 Å². The monoisotopic (exact) mass is 745 g/mol. The molecule has 304 valence electrons. The van der Waals surface area contributed by atoms with E-state index >= 15 is 0 Å². The molecule has 9 heteroatoms. The normalized spacial score (nSPS) is 13.0. The zero-order chi connectivity index (χ0) is 39.0. The Labute approximate surface area is 322 Å². The Hall–Kier alpha value is -3.20. The molecule has 0 aliphatic rings. The van der Waals surface area contributed by atoms with Crippen molar-refractivity contribution in [2.45, 2.75) is 193 Å². The van der Waals surface area contributed by atoms with E-state index in [0.29, 0.717) is 19.3 Å². The number of ether oxygens (including phenoxy) is 1. The van der Waals surface area contributed by atoms with Gasteiger partial charge in [-0.25, -0.2) is 4.79 Å². The maximum absolute atomic E-state index is 12.7. The summed E-state index contributed by atoms with van der Waals surface area (Å²) in [5.41, 5.74) is 0. The lowest BCUT2D eigenvalue weighted by Gasteiger charge is -2.15. The number of aliphatic hydroxyl groups is 1. The van der Waals surface area contributed by atoms with Crippen molar-refractivity contribution in [3.63, 3.8) is 0 Å². The number of amides is 2. The minimum Gasteiger partial charge on any atom is -0.480 e. The molecule has 2 unspecified atom stereocenters. The number of carboxylic acids is 1. The molecule has 0 heterocycles. The lowest BCUT2D eigenvalue weighted by molar-refractivity contribution is -0.147. The summed E-state index contributed by atoms with van der Waals surface area (Å²) < 4.78 is 5.93. The van der Waals surface area contributed by atoms with E-state index in [1.807, 2.05) is 0 Å². The van der Waals surface area contributed by atoms with Crippen LogP contribution in [0.2, 0.25) is 0 Å². The van der Waals surface area contributed by atoms with Crippen molar-refractivity contribution in [1.82, 2.24) is 10.6 Å². The van der Waals surface area contributed by atoms with Crippen LogP contribution in [0.3, 0.4) is 0 Å². The van der Waals surface area contributed by atoms with E-state index in [2.05, 4.69) is 73.1 Å². The van der Waals surface area contributed by atoms with Crippen LogP contribution in [-0.2, 0) is 23.9 Å². The number of rotatable bonds is 37. The Kier molecular flexibility index (Phi) is 36.2. The number of esters is 1. The van der Waals surface area contributed by atoms with Gasteiger partial charge < -0.3 is 25.6 Å². The molecule has 0 aliphatic carbocycles. The lowest BCUT2D eigenvalue weighted by atomic mass is 10.0. The highest BCUT2D eigenvalue weighted by molar-refractivity contribution is 5.87. The number of carbonyl (C=O) groups excluding carboxylic acids is 3. The van der Waals surface area contributed by atoms with Crippen LogP contribution in [0.15, 0.2) is 48.6 Å². The van der Waals surface area contributed by atoms with Gasteiger partial charge in [-0.2, -0.15) is 0 Å². The van der Waals surface area contributed by atoms with Gasteiger partial charge in [0, 0.05) is 12.8 Å². The molecule has 2 amide bonds. The van der Waals surface area contributed by atoms with Crippen LogP contribution in [-0.4, -0.2) is 59.3 Å². The lowest BCUT2D eigenvalue weighted by Crippen LogP contribution is -2.47. The Morgan fingerprint density at radius 3 is 1.74 bits per heavy atom. The third-order valence-corrected chi connectivity index (χ3v) is 9.04. The van der Waals surface area contributed by atoms with Gasteiger partial charge in [-0.05, 0) is 76.7 Å². The predicted molar refractivity (Wildman–Crippen MR) is 217 cm³/mol. The molecule has 0 aromatic carbocycles. The molecular weight excluding hydrogens is 668 g/mol. The summed E-state index contributed by atoms with van der Waals surface area (Å²) in [5, 5.41) is 22.5. The van der Waals surface area contributed by atoms with Gasteiger partial charge in [0.1, 0.15) is 12.1 Å². The van der Waals surface area contributed by atoms with E-state index in [4.69, 9.17) is 14.9 Å². The van der Waals surface area contributed by atoms with Gasteiger partial charge in [0.2, 0.25) is 11.8 Å². The van der Waals surface area contributed by atoms with Crippen LogP contribution in [0, 0.1) is 0 Å². The van der Waals surface area contributed by atoms with Crippen LogP contribution in [0.4, 0.5) is 0 Å². The topological polar surface area (TPSA) is 142 Å². The summed E-state index contributed by atoms with van der Waals surface area (Å²) >= 11 is 0. The van der Waals surface area contributed by atoms with Crippen molar-refractivity contribution in [2.24, 2.45) is 0 Å². The molecule has 0 aliphatic heterocycles. The number of carboxylic acid groups (broad SMARTS) is 1. The first-order valence-corrected chi connectivity index (χ1v) is 21.0. The highest BCUT2D eigenvalue weighted by atomic mass is 16.5. The molecule has 4 N–H and O–H groups in total. The highest BCUT2D eigenvalue weighted by Crippen LogP contribution is 2.16. The standard InChI is InChI=1S/C44H76N2O7/c1-3-5-7-9-11-13-14-15-16-17-18-20-22-28-32-36-43(50)53-39(33-29-25-21-19-12-10-8-6-4-2)34-30-26-23-24-27-31-35-41(48)45-37-42(49)46-40(38-47)44(51)52/h5,7,11,13,15-16,29,33,39-40,47H,3-4,6,8-10,12,14,17-28,30-32,34-38H2,1-2H3,(H,45,48)(H,46,49)(H,51,52)/b7-5-,13-11-,16-15-,33-29-. The van der Waals surface area contributed by atoms with Crippen LogP contribution in [0.25, 0.3) is 0 Å². The van der Waals surface area contributed by atoms with Crippen molar-refractivity contribution in [3.05, 3.63) is 48.6 Å². The van der Waals surface area contributed by atoms with E-state index in [1.165, 1.54) is 57.8 Å². The molecule has 0 aromatic rings. The number of aliphatic hydroxyl groups excluding tert-OH is 1. The van der Waals surface area contributed by atoms with E-state index in [0.717, 1.165) is 89.9 Å². The average Bonchev–Trinajstić information content (AvgIpc) is 3.14. The van der Waals surface area contributed by atoms with Crippen molar-refractivity contribution in [3.8, 4) is 0 Å². The zero-order valence-electron chi connectivity index (χ0n) is 33.5. The van der Waals surface area contributed by atoms with Gasteiger partial charge in [-0.15, -0.1) is 0 Å². The number of hydrogen-bond acceptors (Lipinski definition) is 6. The fraction of sp³-hybridized carbons (Fsp3) is 0.727. The van der Waals surface area contributed by atoms with E-state index in [-0.39, 0.29) is 24.5 Å². The first-order chi connectivity index (χ1) is 25.8. The summed E-state index contributed by atoms with van der Waals surface area (Å²) in [6, 6.07) is -1.38. The molecule has 9 nitrogen and oxygen atoms in total. The first kappa shape index (κ1) is 49.8. The van der Waals surface area contributed by atoms with Crippen molar-refractivity contribution >= 4 is 23.8 Å². The maximum atomic E-state index is 12.7. The Morgan fingerprint density at radius 1 is 0.604 bits per heavy atom. The molecule has 0 saturated heterocycles. The van der Waals surface area contributed by atoms with Gasteiger partial charge in [0.15, 0.2) is 0 Å².